The van der Waals surface area contributed by atoms with Crippen LogP contribution in [0.3, 0.4) is 0 Å². The van der Waals surface area contributed by atoms with E-state index in [1.54, 1.807) is 0 Å². The molecule has 0 bridgehead atoms. The summed E-state index contributed by atoms with van der Waals surface area (Å²) in [6.45, 7) is 0. The summed E-state index contributed by atoms with van der Waals surface area (Å²) in [6, 6.07) is 7.10. The highest BCUT2D eigenvalue weighted by atomic mass is 35.5. The van der Waals surface area contributed by atoms with Gasteiger partial charge in [0.1, 0.15) is 11.4 Å². The van der Waals surface area contributed by atoms with Gasteiger partial charge in [0.15, 0.2) is 0 Å². The fourth-order valence-corrected chi connectivity index (χ4v) is 1.85. The number of hydrogen-bond donors (Lipinski definition) is 2. The summed E-state index contributed by atoms with van der Waals surface area (Å²) in [5.74, 6) is -1.93. The van der Waals surface area contributed by atoms with Crippen molar-refractivity contribution in [2.45, 2.75) is 0 Å². The number of anilines is 2. The Hall–Kier alpha value is -2.67. The molecule has 108 valence electrons. The summed E-state index contributed by atoms with van der Waals surface area (Å²) < 4.78 is 13.1. The standard InChI is InChI=1S/C13H8ClFN2O4/c14-10-4-1-7(15)5-11(10)16-8-2-3-9(13(18)19)12(6-8)17(20)21/h1-6,16H,(H,18,19). The average Bonchev–Trinajstić information content (AvgIpc) is 2.42. The maximum absolute atomic E-state index is 13.1. The number of carboxylic acids is 1. The van der Waals surface area contributed by atoms with Crippen LogP contribution in [0.4, 0.5) is 21.5 Å². The molecule has 0 aliphatic carbocycles. The lowest BCUT2D eigenvalue weighted by Gasteiger charge is -2.09. The normalized spacial score (nSPS) is 10.2. The molecule has 0 saturated carbocycles. The van der Waals surface area contributed by atoms with Crippen LogP contribution in [0.25, 0.3) is 0 Å². The maximum Gasteiger partial charge on any atom is 0.342 e. The lowest BCUT2D eigenvalue weighted by molar-refractivity contribution is -0.385. The van der Waals surface area contributed by atoms with E-state index in [1.165, 1.54) is 18.2 Å². The van der Waals surface area contributed by atoms with Gasteiger partial charge in [-0.2, -0.15) is 0 Å². The third kappa shape index (κ3) is 3.26. The fourth-order valence-electron chi connectivity index (χ4n) is 1.69. The zero-order valence-corrected chi connectivity index (χ0v) is 11.1. The van der Waals surface area contributed by atoms with Gasteiger partial charge in [-0.1, -0.05) is 11.6 Å². The lowest BCUT2D eigenvalue weighted by atomic mass is 10.1. The van der Waals surface area contributed by atoms with Crippen molar-refractivity contribution in [1.82, 2.24) is 0 Å². The molecule has 6 nitrogen and oxygen atoms in total. The summed E-state index contributed by atoms with van der Waals surface area (Å²) in [6.07, 6.45) is 0. The van der Waals surface area contributed by atoms with Gasteiger partial charge in [0, 0.05) is 11.8 Å². The smallest absolute Gasteiger partial charge is 0.342 e. The topological polar surface area (TPSA) is 92.5 Å². The molecule has 0 amide bonds. The summed E-state index contributed by atoms with van der Waals surface area (Å²) in [7, 11) is 0. The van der Waals surface area contributed by atoms with Crippen molar-refractivity contribution in [2.24, 2.45) is 0 Å². The van der Waals surface area contributed by atoms with E-state index in [2.05, 4.69) is 5.32 Å². The second kappa shape index (κ2) is 5.76. The Labute approximate surface area is 122 Å². The number of nitro groups is 1. The first kappa shape index (κ1) is 14.7. The molecule has 0 radical (unpaired) electrons. The first-order chi connectivity index (χ1) is 9.88. The van der Waals surface area contributed by atoms with Crippen LogP contribution >= 0.6 is 11.6 Å². The number of rotatable bonds is 4. The highest BCUT2D eigenvalue weighted by Crippen LogP contribution is 2.29. The van der Waals surface area contributed by atoms with Gasteiger partial charge in [-0.3, -0.25) is 10.1 Å². The highest BCUT2D eigenvalue weighted by molar-refractivity contribution is 6.33. The van der Waals surface area contributed by atoms with Crippen molar-refractivity contribution in [1.29, 1.82) is 0 Å². The number of halogens is 2. The van der Waals surface area contributed by atoms with Crippen LogP contribution in [-0.2, 0) is 0 Å². The molecule has 0 atom stereocenters. The minimum absolute atomic E-state index is 0.217. The average molecular weight is 311 g/mol. The summed E-state index contributed by atoms with van der Waals surface area (Å²) in [4.78, 5) is 21.0. The van der Waals surface area contributed by atoms with Gasteiger partial charge in [-0.25, -0.2) is 9.18 Å². The quantitative estimate of drug-likeness (QED) is 0.661. The number of carbonyl (C=O) groups is 1. The van der Waals surface area contributed by atoms with E-state index in [0.717, 1.165) is 18.2 Å². The monoisotopic (exact) mass is 310 g/mol. The van der Waals surface area contributed by atoms with Crippen molar-refractivity contribution in [3.8, 4) is 0 Å². The number of aromatic carboxylic acids is 1. The number of nitro benzene ring substituents is 1. The van der Waals surface area contributed by atoms with E-state index in [0.29, 0.717) is 0 Å². The molecule has 21 heavy (non-hydrogen) atoms. The summed E-state index contributed by atoms with van der Waals surface area (Å²) in [5.41, 5.74) is -0.566. The van der Waals surface area contributed by atoms with Crippen LogP contribution < -0.4 is 5.32 Å². The number of nitrogens with one attached hydrogen (secondary N) is 1. The van der Waals surface area contributed by atoms with Crippen LogP contribution in [0.15, 0.2) is 36.4 Å². The zero-order chi connectivity index (χ0) is 15.6. The number of hydrogen-bond acceptors (Lipinski definition) is 4. The Morgan fingerprint density at radius 1 is 1.29 bits per heavy atom. The molecule has 2 rings (SSSR count). The first-order valence-corrected chi connectivity index (χ1v) is 6.00. The third-order valence-corrected chi connectivity index (χ3v) is 2.96. The molecule has 0 aliphatic heterocycles. The van der Waals surface area contributed by atoms with E-state index < -0.39 is 28.0 Å². The van der Waals surface area contributed by atoms with Crippen molar-refractivity contribution < 1.29 is 19.2 Å². The van der Waals surface area contributed by atoms with Crippen molar-refractivity contribution in [3.05, 3.63) is 62.9 Å². The number of benzene rings is 2. The van der Waals surface area contributed by atoms with Crippen LogP contribution in [0, 0.1) is 15.9 Å². The highest BCUT2D eigenvalue weighted by Gasteiger charge is 2.20. The molecule has 0 fully saturated rings. The van der Waals surface area contributed by atoms with E-state index in [9.17, 15) is 19.3 Å². The predicted octanol–water partition coefficient (Wildman–Crippen LogP) is 3.83. The molecule has 0 unspecified atom stereocenters. The van der Waals surface area contributed by atoms with Gasteiger partial charge < -0.3 is 10.4 Å². The van der Waals surface area contributed by atoms with Gasteiger partial charge in [0.25, 0.3) is 5.69 Å². The van der Waals surface area contributed by atoms with Crippen LogP contribution in [0.1, 0.15) is 10.4 Å². The molecule has 0 aromatic heterocycles. The minimum Gasteiger partial charge on any atom is -0.477 e. The lowest BCUT2D eigenvalue weighted by Crippen LogP contribution is -2.03. The molecule has 2 aromatic rings. The Kier molecular flexibility index (Phi) is 4.04. The molecule has 0 aliphatic rings. The molecular weight excluding hydrogens is 303 g/mol. The molecule has 2 aromatic carbocycles. The fraction of sp³-hybridized carbons (Fsp3) is 0. The first-order valence-electron chi connectivity index (χ1n) is 5.62. The van der Waals surface area contributed by atoms with Crippen LogP contribution in [0.2, 0.25) is 5.02 Å². The van der Waals surface area contributed by atoms with E-state index in [1.807, 2.05) is 0 Å². The Bertz CT molecular complexity index is 736. The molecule has 8 heteroatoms. The second-order valence-corrected chi connectivity index (χ2v) is 4.45. The van der Waals surface area contributed by atoms with Crippen LogP contribution in [-0.4, -0.2) is 16.0 Å². The van der Waals surface area contributed by atoms with E-state index in [-0.39, 0.29) is 16.4 Å². The Morgan fingerprint density at radius 3 is 2.62 bits per heavy atom. The van der Waals surface area contributed by atoms with E-state index in [4.69, 9.17) is 16.7 Å². The van der Waals surface area contributed by atoms with Crippen molar-refractivity contribution >= 4 is 34.6 Å². The number of carboxylic acid groups (broad SMARTS) is 1. The largest absolute Gasteiger partial charge is 0.477 e. The number of nitrogens with zero attached hydrogens (tertiary/aromatic N) is 1. The summed E-state index contributed by atoms with van der Waals surface area (Å²) in [5, 5.41) is 22.7. The van der Waals surface area contributed by atoms with Gasteiger partial charge in [0.2, 0.25) is 0 Å². The van der Waals surface area contributed by atoms with Crippen LogP contribution in [0.5, 0.6) is 0 Å². The predicted molar refractivity (Wildman–Crippen MR) is 74.7 cm³/mol. The molecule has 2 N–H and O–H groups in total. The molecule has 0 spiro atoms. The van der Waals surface area contributed by atoms with Crippen molar-refractivity contribution in [3.63, 3.8) is 0 Å². The Morgan fingerprint density at radius 2 is 2.00 bits per heavy atom. The third-order valence-electron chi connectivity index (χ3n) is 2.63. The second-order valence-electron chi connectivity index (χ2n) is 4.04. The minimum atomic E-state index is -1.41. The van der Waals surface area contributed by atoms with E-state index >= 15 is 0 Å². The summed E-state index contributed by atoms with van der Waals surface area (Å²) >= 11 is 5.87. The molecular formula is C13H8ClFN2O4. The van der Waals surface area contributed by atoms with Gasteiger partial charge in [0.05, 0.1) is 15.6 Å². The van der Waals surface area contributed by atoms with Gasteiger partial charge >= 0.3 is 5.97 Å². The van der Waals surface area contributed by atoms with Gasteiger partial charge in [-0.05, 0) is 30.3 Å². The van der Waals surface area contributed by atoms with Crippen molar-refractivity contribution in [2.75, 3.05) is 5.32 Å². The molecule has 0 heterocycles. The van der Waals surface area contributed by atoms with Gasteiger partial charge in [-0.15, -0.1) is 0 Å². The Balaban J connectivity index is 2.41. The SMILES string of the molecule is O=C(O)c1ccc(Nc2cc(F)ccc2Cl)cc1[N+](=O)[O-]. The zero-order valence-electron chi connectivity index (χ0n) is 10.3. The maximum atomic E-state index is 13.1. The molecule has 0 saturated heterocycles.